The van der Waals surface area contributed by atoms with Crippen molar-refractivity contribution in [2.75, 3.05) is 25.5 Å². The molecular formula is C20H31N3O2. The van der Waals surface area contributed by atoms with Crippen LogP contribution in [0.25, 0.3) is 0 Å². The summed E-state index contributed by atoms with van der Waals surface area (Å²) >= 11 is 0. The Balaban J connectivity index is 1.76. The lowest BCUT2D eigenvalue weighted by atomic mass is 10.1. The van der Waals surface area contributed by atoms with Crippen LogP contribution in [-0.2, 0) is 9.59 Å². The second-order valence-electron chi connectivity index (χ2n) is 7.29. The molecule has 1 fully saturated rings. The molecule has 2 N–H and O–H groups in total. The fourth-order valence-electron chi connectivity index (χ4n) is 3.30. The van der Waals surface area contributed by atoms with Crippen molar-refractivity contribution in [2.24, 2.45) is 0 Å². The molecule has 5 heteroatoms. The van der Waals surface area contributed by atoms with Crippen LogP contribution >= 0.6 is 0 Å². The molecule has 1 aromatic carbocycles. The molecular weight excluding hydrogens is 314 g/mol. The zero-order valence-corrected chi connectivity index (χ0v) is 15.7. The molecule has 0 atom stereocenters. The minimum Gasteiger partial charge on any atom is -0.352 e. The van der Waals surface area contributed by atoms with Crippen molar-refractivity contribution >= 4 is 17.5 Å². The van der Waals surface area contributed by atoms with Gasteiger partial charge in [0, 0.05) is 11.7 Å². The van der Waals surface area contributed by atoms with Crippen LogP contribution in [-0.4, -0.2) is 42.9 Å². The first-order valence-electron chi connectivity index (χ1n) is 9.29. The van der Waals surface area contributed by atoms with Gasteiger partial charge < -0.3 is 10.6 Å². The van der Waals surface area contributed by atoms with E-state index in [1.54, 1.807) is 11.9 Å². The average molecular weight is 345 g/mol. The van der Waals surface area contributed by atoms with E-state index in [-0.39, 0.29) is 24.9 Å². The van der Waals surface area contributed by atoms with Gasteiger partial charge in [-0.2, -0.15) is 0 Å². The van der Waals surface area contributed by atoms with Gasteiger partial charge in [-0.05, 0) is 50.9 Å². The van der Waals surface area contributed by atoms with Crippen molar-refractivity contribution in [2.45, 2.75) is 58.4 Å². The molecule has 0 bridgehead atoms. The third-order valence-corrected chi connectivity index (χ3v) is 4.71. The minimum atomic E-state index is -0.0986. The fourth-order valence-corrected chi connectivity index (χ4v) is 3.30. The first kappa shape index (κ1) is 19.4. The van der Waals surface area contributed by atoms with Crippen molar-refractivity contribution < 1.29 is 9.59 Å². The Bertz CT molecular complexity index is 593. The van der Waals surface area contributed by atoms with Gasteiger partial charge in [0.1, 0.15) is 0 Å². The van der Waals surface area contributed by atoms with Crippen LogP contribution in [0.15, 0.2) is 18.2 Å². The van der Waals surface area contributed by atoms with E-state index in [1.165, 1.54) is 25.7 Å². The predicted octanol–water partition coefficient (Wildman–Crippen LogP) is 3.01. The zero-order chi connectivity index (χ0) is 18.2. The Morgan fingerprint density at radius 1 is 1.04 bits per heavy atom. The summed E-state index contributed by atoms with van der Waals surface area (Å²) in [6.07, 6.45) is 7.07. The molecule has 2 amide bonds. The number of carbonyl (C=O) groups is 2. The first-order valence-corrected chi connectivity index (χ1v) is 9.29. The van der Waals surface area contributed by atoms with Crippen LogP contribution in [0.3, 0.4) is 0 Å². The first-order chi connectivity index (χ1) is 11.9. The Morgan fingerprint density at radius 3 is 2.36 bits per heavy atom. The van der Waals surface area contributed by atoms with Gasteiger partial charge in [0.25, 0.3) is 0 Å². The average Bonchev–Trinajstić information content (AvgIpc) is 2.79. The van der Waals surface area contributed by atoms with Crippen LogP contribution in [0.1, 0.15) is 49.7 Å². The number of hydrogen-bond donors (Lipinski definition) is 2. The molecule has 0 unspecified atom stereocenters. The van der Waals surface area contributed by atoms with Gasteiger partial charge in [0.05, 0.1) is 13.1 Å². The number of amides is 2. The number of anilines is 1. The number of benzene rings is 1. The van der Waals surface area contributed by atoms with Crippen molar-refractivity contribution in [3.8, 4) is 0 Å². The highest BCUT2D eigenvalue weighted by atomic mass is 16.2. The summed E-state index contributed by atoms with van der Waals surface area (Å²) in [5.74, 6) is -0.0904. The maximum atomic E-state index is 12.2. The molecule has 1 aliphatic carbocycles. The predicted molar refractivity (Wildman–Crippen MR) is 102 cm³/mol. The lowest BCUT2D eigenvalue weighted by molar-refractivity contribution is -0.123. The molecule has 2 rings (SSSR count). The highest BCUT2D eigenvalue weighted by Crippen LogP contribution is 2.17. The van der Waals surface area contributed by atoms with Gasteiger partial charge in [-0.25, -0.2) is 0 Å². The number of nitrogens with one attached hydrogen (secondary N) is 2. The van der Waals surface area contributed by atoms with Crippen molar-refractivity contribution in [3.63, 3.8) is 0 Å². The SMILES string of the molecule is Cc1ccc(C)c(NC(=O)CN(C)CC(=O)NC2CCCCCC2)c1. The van der Waals surface area contributed by atoms with Gasteiger partial charge >= 0.3 is 0 Å². The van der Waals surface area contributed by atoms with E-state index in [4.69, 9.17) is 0 Å². The molecule has 1 aromatic rings. The standard InChI is InChI=1S/C20H31N3O2/c1-15-10-11-16(2)18(12-15)22-20(25)14-23(3)13-19(24)21-17-8-6-4-5-7-9-17/h10-12,17H,4-9,13-14H2,1-3H3,(H,21,24)(H,22,25). The van der Waals surface area contributed by atoms with Gasteiger partial charge in [-0.15, -0.1) is 0 Å². The molecule has 0 radical (unpaired) electrons. The number of carbonyl (C=O) groups excluding carboxylic acids is 2. The second kappa shape index (κ2) is 9.56. The lowest BCUT2D eigenvalue weighted by Gasteiger charge is -2.20. The molecule has 25 heavy (non-hydrogen) atoms. The van der Waals surface area contributed by atoms with E-state index < -0.39 is 0 Å². The number of likely N-dealkylation sites (N-methyl/N-ethyl adjacent to an activating group) is 1. The normalized spacial score (nSPS) is 15.7. The van der Waals surface area contributed by atoms with E-state index >= 15 is 0 Å². The summed E-state index contributed by atoms with van der Waals surface area (Å²) in [7, 11) is 1.80. The van der Waals surface area contributed by atoms with Gasteiger partial charge in [-0.1, -0.05) is 37.8 Å². The molecule has 0 aromatic heterocycles. The fraction of sp³-hybridized carbons (Fsp3) is 0.600. The van der Waals surface area contributed by atoms with Crippen molar-refractivity contribution in [1.82, 2.24) is 10.2 Å². The Hall–Kier alpha value is -1.88. The van der Waals surface area contributed by atoms with Crippen LogP contribution < -0.4 is 10.6 Å². The molecule has 0 spiro atoms. The largest absolute Gasteiger partial charge is 0.352 e. The van der Waals surface area contributed by atoms with Crippen LogP contribution in [0, 0.1) is 13.8 Å². The van der Waals surface area contributed by atoms with Gasteiger partial charge in [0.15, 0.2) is 0 Å². The molecule has 1 saturated carbocycles. The summed E-state index contributed by atoms with van der Waals surface area (Å²) in [6, 6.07) is 6.28. The van der Waals surface area contributed by atoms with E-state index in [0.717, 1.165) is 29.7 Å². The zero-order valence-electron chi connectivity index (χ0n) is 15.7. The minimum absolute atomic E-state index is 0.00827. The number of nitrogens with zero attached hydrogens (tertiary/aromatic N) is 1. The van der Waals surface area contributed by atoms with Crippen LogP contribution in [0.4, 0.5) is 5.69 Å². The quantitative estimate of drug-likeness (QED) is 0.779. The number of rotatable bonds is 6. The van der Waals surface area contributed by atoms with E-state index in [9.17, 15) is 9.59 Å². The molecule has 1 aliphatic rings. The summed E-state index contributed by atoms with van der Waals surface area (Å²) in [5, 5.41) is 6.05. The molecule has 0 aliphatic heterocycles. The molecule has 0 saturated heterocycles. The maximum Gasteiger partial charge on any atom is 0.238 e. The third kappa shape index (κ3) is 6.86. The van der Waals surface area contributed by atoms with E-state index in [2.05, 4.69) is 10.6 Å². The number of aryl methyl sites for hydroxylation is 2. The monoisotopic (exact) mass is 345 g/mol. The van der Waals surface area contributed by atoms with Crippen molar-refractivity contribution in [3.05, 3.63) is 29.3 Å². The van der Waals surface area contributed by atoms with Crippen LogP contribution in [0.2, 0.25) is 0 Å². The Labute approximate surface area is 151 Å². The van der Waals surface area contributed by atoms with Gasteiger partial charge in [-0.3, -0.25) is 14.5 Å². The summed E-state index contributed by atoms with van der Waals surface area (Å²) in [6.45, 7) is 4.42. The topological polar surface area (TPSA) is 61.4 Å². The van der Waals surface area contributed by atoms with Crippen molar-refractivity contribution in [1.29, 1.82) is 0 Å². The lowest BCUT2D eigenvalue weighted by Crippen LogP contribution is -2.42. The molecule has 0 heterocycles. The number of hydrogen-bond acceptors (Lipinski definition) is 3. The Kier molecular flexibility index (Phi) is 7.44. The van der Waals surface area contributed by atoms with Crippen LogP contribution in [0.5, 0.6) is 0 Å². The smallest absolute Gasteiger partial charge is 0.238 e. The van der Waals surface area contributed by atoms with E-state index in [0.29, 0.717) is 6.04 Å². The third-order valence-electron chi connectivity index (χ3n) is 4.71. The summed E-state index contributed by atoms with van der Waals surface area (Å²) in [5.41, 5.74) is 2.98. The summed E-state index contributed by atoms with van der Waals surface area (Å²) < 4.78 is 0. The second-order valence-corrected chi connectivity index (χ2v) is 7.29. The highest BCUT2D eigenvalue weighted by molar-refractivity contribution is 5.93. The van der Waals surface area contributed by atoms with E-state index in [1.807, 2.05) is 32.0 Å². The molecule has 5 nitrogen and oxygen atoms in total. The Morgan fingerprint density at radius 2 is 1.68 bits per heavy atom. The maximum absolute atomic E-state index is 12.2. The van der Waals surface area contributed by atoms with Gasteiger partial charge in [0.2, 0.25) is 11.8 Å². The molecule has 138 valence electrons. The highest BCUT2D eigenvalue weighted by Gasteiger charge is 2.17. The summed E-state index contributed by atoms with van der Waals surface area (Å²) in [4.78, 5) is 26.2.